The number of hydrogen-bond donors (Lipinski definition) is 1. The summed E-state index contributed by atoms with van der Waals surface area (Å²) in [5.41, 5.74) is 6.16. The van der Waals surface area contributed by atoms with Crippen LogP contribution < -0.4 is 15.1 Å². The zero-order valence-electron chi connectivity index (χ0n) is 24.4. The Morgan fingerprint density at radius 1 is 0.795 bits per heavy atom. The molecule has 8 nitrogen and oxygen atoms in total. The van der Waals surface area contributed by atoms with E-state index in [9.17, 15) is 4.39 Å². The van der Waals surface area contributed by atoms with Crippen LogP contribution in [0.1, 0.15) is 5.56 Å². The van der Waals surface area contributed by atoms with Crippen molar-refractivity contribution < 1.29 is 18.3 Å². The van der Waals surface area contributed by atoms with Crippen molar-refractivity contribution in [3.8, 4) is 22.5 Å². The van der Waals surface area contributed by atoms with Gasteiger partial charge in [0, 0.05) is 50.1 Å². The largest absolute Gasteiger partial charge is 0.378 e. The quantitative estimate of drug-likeness (QED) is 0.243. The molecule has 0 bridgehead atoms. The van der Waals surface area contributed by atoms with Crippen LogP contribution in [-0.4, -0.2) is 67.6 Å². The van der Waals surface area contributed by atoms with Crippen LogP contribution in [0.2, 0.25) is 0 Å². The number of anilines is 4. The number of benzene rings is 2. The van der Waals surface area contributed by atoms with E-state index < -0.39 is 11.6 Å². The van der Waals surface area contributed by atoms with Gasteiger partial charge >= 0.3 is 0 Å². The SMILES string of the molecule is Cc1c(-c2cc(-c3ccccc3)ccn2)nc2cc(F)cc(F)c2c1Nc1cc(N2CCOCC2)cnc1N1CCOCC1. The summed E-state index contributed by atoms with van der Waals surface area (Å²) in [5, 5.41) is 3.75. The standard InChI is InChI=1S/C34H32F2N6O2/c1-22-32(29-17-24(7-8-37-29)23-5-3-2-4-6-23)39-28-19-25(35)18-27(36)31(28)33(22)40-30-20-26(41-9-13-43-14-10-41)21-38-34(30)42-11-15-44-16-12-42/h2-8,17-21H,9-16H2,1H3,(H,39,40). The molecule has 0 saturated carbocycles. The Hall–Kier alpha value is -4.67. The molecule has 5 aromatic rings. The molecule has 10 heteroatoms. The van der Waals surface area contributed by atoms with Gasteiger partial charge < -0.3 is 24.6 Å². The predicted octanol–water partition coefficient (Wildman–Crippen LogP) is 6.36. The Morgan fingerprint density at radius 3 is 2.27 bits per heavy atom. The molecule has 0 radical (unpaired) electrons. The number of nitrogens with zero attached hydrogens (tertiary/aromatic N) is 5. The summed E-state index contributed by atoms with van der Waals surface area (Å²) in [6.07, 6.45) is 3.60. The van der Waals surface area contributed by atoms with E-state index in [1.165, 1.54) is 6.07 Å². The molecule has 7 rings (SSSR count). The normalized spacial score (nSPS) is 15.5. The van der Waals surface area contributed by atoms with Crippen molar-refractivity contribution in [1.82, 2.24) is 15.0 Å². The number of fused-ring (bicyclic) bond motifs is 1. The average Bonchev–Trinajstić information content (AvgIpc) is 3.07. The molecule has 3 aromatic heterocycles. The van der Waals surface area contributed by atoms with Gasteiger partial charge in [-0.15, -0.1) is 0 Å². The number of nitrogens with one attached hydrogen (secondary N) is 1. The first-order chi connectivity index (χ1) is 21.5. The van der Waals surface area contributed by atoms with Gasteiger partial charge in [0.25, 0.3) is 0 Å². The van der Waals surface area contributed by atoms with Gasteiger partial charge in [0.05, 0.1) is 72.0 Å². The smallest absolute Gasteiger partial charge is 0.152 e. The van der Waals surface area contributed by atoms with Crippen molar-refractivity contribution in [3.63, 3.8) is 0 Å². The highest BCUT2D eigenvalue weighted by Crippen LogP contribution is 2.40. The Labute approximate surface area is 254 Å². The van der Waals surface area contributed by atoms with Gasteiger partial charge in [-0.25, -0.2) is 18.7 Å². The lowest BCUT2D eigenvalue weighted by molar-refractivity contribution is 0.122. The molecular formula is C34H32F2N6O2. The molecular weight excluding hydrogens is 562 g/mol. The summed E-state index contributed by atoms with van der Waals surface area (Å²) in [5.74, 6) is -0.650. The molecule has 0 spiro atoms. The topological polar surface area (TPSA) is 75.6 Å². The minimum absolute atomic E-state index is 0.197. The third-order valence-corrected chi connectivity index (χ3v) is 8.16. The van der Waals surface area contributed by atoms with E-state index in [4.69, 9.17) is 19.4 Å². The second kappa shape index (κ2) is 12.1. The van der Waals surface area contributed by atoms with Gasteiger partial charge in [-0.1, -0.05) is 30.3 Å². The van der Waals surface area contributed by atoms with E-state index in [0.717, 1.165) is 41.8 Å². The summed E-state index contributed by atoms with van der Waals surface area (Å²) < 4.78 is 41.4. The van der Waals surface area contributed by atoms with Crippen LogP contribution in [0.4, 0.5) is 31.7 Å². The molecule has 0 aliphatic carbocycles. The summed E-state index contributed by atoms with van der Waals surface area (Å²) >= 11 is 0. The molecule has 0 unspecified atom stereocenters. The second-order valence-corrected chi connectivity index (χ2v) is 10.9. The maximum atomic E-state index is 15.6. The number of hydrogen-bond acceptors (Lipinski definition) is 8. The first-order valence-electron chi connectivity index (χ1n) is 14.8. The zero-order valence-corrected chi connectivity index (χ0v) is 24.4. The van der Waals surface area contributed by atoms with Crippen LogP contribution in [-0.2, 0) is 9.47 Å². The summed E-state index contributed by atoms with van der Waals surface area (Å²) in [6.45, 7) is 7.18. The van der Waals surface area contributed by atoms with E-state index in [-0.39, 0.29) is 10.9 Å². The maximum absolute atomic E-state index is 15.6. The van der Waals surface area contributed by atoms with Gasteiger partial charge in [-0.2, -0.15) is 0 Å². The van der Waals surface area contributed by atoms with Gasteiger partial charge in [0.15, 0.2) is 5.82 Å². The first kappa shape index (κ1) is 28.1. The van der Waals surface area contributed by atoms with Gasteiger partial charge in [-0.3, -0.25) is 4.98 Å². The van der Waals surface area contributed by atoms with E-state index >= 15 is 4.39 Å². The van der Waals surface area contributed by atoms with Crippen LogP contribution in [0.15, 0.2) is 73.1 Å². The van der Waals surface area contributed by atoms with Gasteiger partial charge in [0.2, 0.25) is 0 Å². The summed E-state index contributed by atoms with van der Waals surface area (Å²) in [6, 6.07) is 18.1. The van der Waals surface area contributed by atoms with Crippen LogP contribution in [0.25, 0.3) is 33.4 Å². The van der Waals surface area contributed by atoms with Crippen molar-refractivity contribution in [1.29, 1.82) is 0 Å². The third-order valence-electron chi connectivity index (χ3n) is 8.16. The van der Waals surface area contributed by atoms with E-state index in [1.807, 2.05) is 61.7 Å². The Morgan fingerprint density at radius 2 is 1.52 bits per heavy atom. The van der Waals surface area contributed by atoms with Crippen molar-refractivity contribution in [2.24, 2.45) is 0 Å². The lowest BCUT2D eigenvalue weighted by Crippen LogP contribution is -2.38. The Kier molecular flexibility index (Phi) is 7.76. The number of aromatic nitrogens is 3. The first-order valence-corrected chi connectivity index (χ1v) is 14.8. The number of ether oxygens (including phenoxy) is 2. The lowest BCUT2D eigenvalue weighted by Gasteiger charge is -2.32. The summed E-state index contributed by atoms with van der Waals surface area (Å²) in [4.78, 5) is 18.7. The number of pyridine rings is 3. The van der Waals surface area contributed by atoms with Crippen LogP contribution in [0, 0.1) is 18.6 Å². The molecule has 0 amide bonds. The van der Waals surface area contributed by atoms with Crippen LogP contribution >= 0.6 is 0 Å². The van der Waals surface area contributed by atoms with Crippen LogP contribution in [0.3, 0.4) is 0 Å². The number of morpholine rings is 2. The van der Waals surface area contributed by atoms with E-state index in [1.54, 1.807) is 6.20 Å². The van der Waals surface area contributed by atoms with E-state index in [0.29, 0.717) is 67.8 Å². The van der Waals surface area contributed by atoms with Crippen molar-refractivity contribution in [3.05, 3.63) is 90.3 Å². The highest BCUT2D eigenvalue weighted by molar-refractivity contribution is 5.99. The second-order valence-electron chi connectivity index (χ2n) is 10.9. The molecule has 2 aliphatic heterocycles. The minimum atomic E-state index is -0.695. The van der Waals surface area contributed by atoms with Gasteiger partial charge in [0.1, 0.15) is 11.6 Å². The van der Waals surface area contributed by atoms with Gasteiger partial charge in [-0.05, 0) is 36.2 Å². The molecule has 224 valence electrons. The minimum Gasteiger partial charge on any atom is -0.378 e. The number of rotatable bonds is 6. The maximum Gasteiger partial charge on any atom is 0.152 e. The predicted molar refractivity (Wildman–Crippen MR) is 169 cm³/mol. The van der Waals surface area contributed by atoms with Crippen LogP contribution in [0.5, 0.6) is 0 Å². The Bertz CT molecular complexity index is 1810. The average molecular weight is 595 g/mol. The fourth-order valence-electron chi connectivity index (χ4n) is 5.88. The lowest BCUT2D eigenvalue weighted by atomic mass is 10.0. The Balaban J connectivity index is 1.39. The number of halogens is 2. The fraction of sp³-hybridized carbons (Fsp3) is 0.265. The molecule has 2 fully saturated rings. The molecule has 2 saturated heterocycles. The zero-order chi connectivity index (χ0) is 30.0. The highest BCUT2D eigenvalue weighted by Gasteiger charge is 2.23. The van der Waals surface area contributed by atoms with Crippen molar-refractivity contribution in [2.45, 2.75) is 6.92 Å². The molecule has 0 atom stereocenters. The monoisotopic (exact) mass is 594 g/mol. The molecule has 2 aromatic carbocycles. The van der Waals surface area contributed by atoms with E-state index in [2.05, 4.69) is 20.1 Å². The fourth-order valence-corrected chi connectivity index (χ4v) is 5.88. The molecule has 1 N–H and O–H groups in total. The van der Waals surface area contributed by atoms with Crippen molar-refractivity contribution in [2.75, 3.05) is 67.7 Å². The third kappa shape index (κ3) is 5.54. The van der Waals surface area contributed by atoms with Crippen molar-refractivity contribution >= 4 is 33.8 Å². The molecule has 5 heterocycles. The summed E-state index contributed by atoms with van der Waals surface area (Å²) in [7, 11) is 0. The molecule has 44 heavy (non-hydrogen) atoms. The highest BCUT2D eigenvalue weighted by atomic mass is 19.1. The molecule has 2 aliphatic rings.